The van der Waals surface area contributed by atoms with E-state index in [0.29, 0.717) is 19.0 Å². The summed E-state index contributed by atoms with van der Waals surface area (Å²) in [4.78, 5) is 0. The molecule has 0 aliphatic carbocycles. The van der Waals surface area contributed by atoms with Crippen molar-refractivity contribution in [2.24, 2.45) is 0 Å². The number of rotatable bonds is 5. The van der Waals surface area contributed by atoms with Crippen LogP contribution < -0.4 is 5.73 Å². The van der Waals surface area contributed by atoms with Gasteiger partial charge < -0.3 is 5.73 Å². The highest BCUT2D eigenvalue weighted by molar-refractivity contribution is 7.84. The summed E-state index contributed by atoms with van der Waals surface area (Å²) in [6.45, 7) is 2.22. The highest BCUT2D eigenvalue weighted by atomic mass is 32.2. The maximum Gasteiger partial charge on any atom is 0.185 e. The minimum atomic E-state index is -0.960. The van der Waals surface area contributed by atoms with Crippen LogP contribution in [0.15, 0.2) is 12.1 Å². The van der Waals surface area contributed by atoms with E-state index in [1.165, 1.54) is 4.68 Å². The molecule has 0 radical (unpaired) electrons. The Kier molecular flexibility index (Phi) is 4.61. The average Bonchev–Trinajstić information content (AvgIpc) is 2.88. The molecule has 1 aromatic carbocycles. The van der Waals surface area contributed by atoms with Gasteiger partial charge in [-0.1, -0.05) is 6.92 Å². The van der Waals surface area contributed by atoms with Crippen molar-refractivity contribution in [3.63, 3.8) is 0 Å². The van der Waals surface area contributed by atoms with E-state index in [2.05, 4.69) is 15.5 Å². The van der Waals surface area contributed by atoms with Gasteiger partial charge in [0.25, 0.3) is 0 Å². The van der Waals surface area contributed by atoms with Gasteiger partial charge in [-0.2, -0.15) is 0 Å². The molecule has 0 bridgehead atoms. The molecule has 2 atom stereocenters. The number of hydrogen-bond donors (Lipinski definition) is 1. The number of tetrazole rings is 1. The van der Waals surface area contributed by atoms with Crippen LogP contribution in [0.3, 0.4) is 0 Å². The number of anilines is 1. The lowest BCUT2D eigenvalue weighted by molar-refractivity contribution is 0.551. The SMILES string of the molecule is CC(CCn1nnnc1-c1cc(N)c(F)cc1F)S(C)=O. The van der Waals surface area contributed by atoms with Gasteiger partial charge in [-0.25, -0.2) is 13.5 Å². The van der Waals surface area contributed by atoms with Crippen LogP contribution in [0.2, 0.25) is 0 Å². The Labute approximate surface area is 122 Å². The van der Waals surface area contributed by atoms with Crippen LogP contribution in [0, 0.1) is 11.6 Å². The third-order valence-electron chi connectivity index (χ3n) is 3.17. The molecule has 1 heterocycles. The zero-order valence-electron chi connectivity index (χ0n) is 11.6. The molecule has 0 aliphatic heterocycles. The minimum absolute atomic E-state index is 0.0316. The first-order chi connectivity index (χ1) is 9.90. The van der Waals surface area contributed by atoms with Gasteiger partial charge in [0.05, 0.1) is 11.3 Å². The van der Waals surface area contributed by atoms with Crippen LogP contribution in [0.25, 0.3) is 11.4 Å². The number of nitrogens with two attached hydrogens (primary N) is 1. The van der Waals surface area contributed by atoms with Crippen molar-refractivity contribution in [3.8, 4) is 11.4 Å². The second-order valence-electron chi connectivity index (χ2n) is 4.68. The van der Waals surface area contributed by atoms with E-state index in [-0.39, 0.29) is 22.3 Å². The maximum absolute atomic E-state index is 13.8. The fraction of sp³-hybridized carbons (Fsp3) is 0.417. The van der Waals surface area contributed by atoms with Crippen molar-refractivity contribution >= 4 is 16.5 Å². The molecule has 2 unspecified atom stereocenters. The van der Waals surface area contributed by atoms with Crippen molar-refractivity contribution in [2.45, 2.75) is 25.1 Å². The molecule has 1 aromatic heterocycles. The molecule has 21 heavy (non-hydrogen) atoms. The Balaban J connectivity index is 2.28. The Morgan fingerprint density at radius 2 is 2.10 bits per heavy atom. The fourth-order valence-electron chi connectivity index (χ4n) is 1.76. The highest BCUT2D eigenvalue weighted by Gasteiger charge is 2.17. The molecular weight excluding hydrogens is 300 g/mol. The smallest absolute Gasteiger partial charge is 0.185 e. The van der Waals surface area contributed by atoms with E-state index in [1.54, 1.807) is 6.26 Å². The Hall–Kier alpha value is -1.90. The Morgan fingerprint density at radius 3 is 2.76 bits per heavy atom. The summed E-state index contributed by atoms with van der Waals surface area (Å²) < 4.78 is 39.7. The average molecular weight is 315 g/mol. The molecule has 9 heteroatoms. The van der Waals surface area contributed by atoms with Crippen molar-refractivity contribution in [1.82, 2.24) is 20.2 Å². The molecule has 0 aliphatic rings. The first kappa shape index (κ1) is 15.5. The van der Waals surface area contributed by atoms with Gasteiger partial charge in [0, 0.05) is 34.9 Å². The lowest BCUT2D eigenvalue weighted by atomic mass is 10.1. The van der Waals surface area contributed by atoms with Crippen LogP contribution in [-0.2, 0) is 17.3 Å². The third-order valence-corrected chi connectivity index (χ3v) is 4.54. The summed E-state index contributed by atoms with van der Waals surface area (Å²) in [5, 5.41) is 11.0. The number of aryl methyl sites for hydroxylation is 1. The van der Waals surface area contributed by atoms with Gasteiger partial charge in [-0.05, 0) is 22.9 Å². The standard InChI is InChI=1S/C12H15F2N5OS/c1-7(21(2)20)3-4-19-12(16-17-18-19)8-5-11(15)10(14)6-9(8)13/h5-7H,3-4,15H2,1-2H3. The van der Waals surface area contributed by atoms with Gasteiger partial charge in [0.15, 0.2) is 5.82 Å². The van der Waals surface area contributed by atoms with Crippen LogP contribution in [0.4, 0.5) is 14.5 Å². The molecule has 114 valence electrons. The molecule has 2 rings (SSSR count). The molecule has 0 amide bonds. The zero-order valence-corrected chi connectivity index (χ0v) is 12.4. The summed E-state index contributed by atoms with van der Waals surface area (Å²) >= 11 is 0. The van der Waals surface area contributed by atoms with Crippen LogP contribution >= 0.6 is 0 Å². The summed E-state index contributed by atoms with van der Waals surface area (Å²) in [5.41, 5.74) is 5.30. The van der Waals surface area contributed by atoms with Crippen LogP contribution in [0.5, 0.6) is 0 Å². The monoisotopic (exact) mass is 315 g/mol. The van der Waals surface area contributed by atoms with Gasteiger partial charge in [0.1, 0.15) is 11.6 Å². The predicted molar refractivity (Wildman–Crippen MR) is 75.7 cm³/mol. The topological polar surface area (TPSA) is 86.7 Å². The van der Waals surface area contributed by atoms with Crippen molar-refractivity contribution in [3.05, 3.63) is 23.8 Å². The van der Waals surface area contributed by atoms with E-state index in [0.717, 1.165) is 6.07 Å². The molecule has 0 saturated carbocycles. The largest absolute Gasteiger partial charge is 0.396 e. The van der Waals surface area contributed by atoms with E-state index >= 15 is 0 Å². The number of nitrogen functional groups attached to an aromatic ring is 1. The second-order valence-corrected chi connectivity index (χ2v) is 6.48. The van der Waals surface area contributed by atoms with Gasteiger partial charge >= 0.3 is 0 Å². The highest BCUT2D eigenvalue weighted by Crippen LogP contribution is 2.25. The summed E-state index contributed by atoms with van der Waals surface area (Å²) in [5.74, 6) is -1.46. The third kappa shape index (κ3) is 3.41. The van der Waals surface area contributed by atoms with Gasteiger partial charge in [-0.3, -0.25) is 4.21 Å². The van der Waals surface area contributed by atoms with E-state index < -0.39 is 22.4 Å². The van der Waals surface area contributed by atoms with Crippen LogP contribution in [0.1, 0.15) is 13.3 Å². The van der Waals surface area contributed by atoms with Crippen molar-refractivity contribution < 1.29 is 13.0 Å². The first-order valence-electron chi connectivity index (χ1n) is 6.23. The van der Waals surface area contributed by atoms with E-state index in [9.17, 15) is 13.0 Å². The van der Waals surface area contributed by atoms with Crippen LogP contribution in [-0.4, -0.2) is 35.9 Å². The van der Waals surface area contributed by atoms with E-state index in [1.807, 2.05) is 6.92 Å². The molecule has 0 spiro atoms. The number of hydrogen-bond acceptors (Lipinski definition) is 5. The lowest BCUT2D eigenvalue weighted by Crippen LogP contribution is -2.14. The van der Waals surface area contributed by atoms with Crippen molar-refractivity contribution in [2.75, 3.05) is 12.0 Å². The van der Waals surface area contributed by atoms with E-state index in [4.69, 9.17) is 5.73 Å². The summed E-state index contributed by atoms with van der Waals surface area (Å²) in [6.07, 6.45) is 2.19. The first-order valence-corrected chi connectivity index (χ1v) is 7.85. The number of nitrogens with zero attached hydrogens (tertiary/aromatic N) is 4. The molecular formula is C12H15F2N5OS. The molecule has 0 fully saturated rings. The number of aromatic nitrogens is 4. The van der Waals surface area contributed by atoms with Crippen molar-refractivity contribution in [1.29, 1.82) is 0 Å². The quantitative estimate of drug-likeness (QED) is 0.842. The molecule has 6 nitrogen and oxygen atoms in total. The lowest BCUT2D eigenvalue weighted by Gasteiger charge is -2.10. The molecule has 0 saturated heterocycles. The maximum atomic E-state index is 13.8. The Morgan fingerprint density at radius 1 is 1.38 bits per heavy atom. The normalized spacial score (nSPS) is 14.1. The zero-order chi connectivity index (χ0) is 15.6. The van der Waals surface area contributed by atoms with Gasteiger partial charge in [-0.15, -0.1) is 5.10 Å². The summed E-state index contributed by atoms with van der Waals surface area (Å²) in [6, 6.07) is 1.86. The molecule has 2 N–H and O–H groups in total. The second kappa shape index (κ2) is 6.25. The summed E-state index contributed by atoms with van der Waals surface area (Å²) in [7, 11) is -0.960. The fourth-order valence-corrected chi connectivity index (χ4v) is 2.19. The predicted octanol–water partition coefficient (Wildman–Crippen LogP) is 1.36. The van der Waals surface area contributed by atoms with Gasteiger partial charge in [0.2, 0.25) is 0 Å². The number of benzene rings is 1. The Bertz CT molecular complexity index is 676. The minimum Gasteiger partial charge on any atom is -0.396 e. The number of halogens is 2. The molecule has 2 aromatic rings.